The molecule has 1 saturated carbocycles. The fourth-order valence-electron chi connectivity index (χ4n) is 2.46. The molecule has 0 aromatic rings. The SMILES string of the molecule is CCN(CCCCC(=O)O)C1CCCC1. The molecule has 15 heavy (non-hydrogen) atoms. The Labute approximate surface area is 92.5 Å². The Balaban J connectivity index is 2.13. The van der Waals surface area contributed by atoms with Crippen LogP contribution in [0.2, 0.25) is 0 Å². The summed E-state index contributed by atoms with van der Waals surface area (Å²) in [5.41, 5.74) is 0. The molecule has 3 heteroatoms. The molecule has 1 fully saturated rings. The van der Waals surface area contributed by atoms with Crippen LogP contribution in [0.1, 0.15) is 51.9 Å². The van der Waals surface area contributed by atoms with E-state index in [0.717, 1.165) is 32.0 Å². The molecule has 0 saturated heterocycles. The molecular weight excluding hydrogens is 190 g/mol. The summed E-state index contributed by atoms with van der Waals surface area (Å²) in [6.07, 6.45) is 7.59. The third-order valence-electron chi connectivity index (χ3n) is 3.33. The normalized spacial score (nSPS) is 17.5. The average molecular weight is 213 g/mol. The third-order valence-corrected chi connectivity index (χ3v) is 3.33. The molecule has 0 atom stereocenters. The van der Waals surface area contributed by atoms with E-state index in [1.807, 2.05) is 0 Å². The van der Waals surface area contributed by atoms with Crippen LogP contribution in [0.3, 0.4) is 0 Å². The fourth-order valence-corrected chi connectivity index (χ4v) is 2.46. The zero-order valence-electron chi connectivity index (χ0n) is 9.74. The monoisotopic (exact) mass is 213 g/mol. The Morgan fingerprint density at radius 2 is 2.00 bits per heavy atom. The molecule has 1 aliphatic carbocycles. The number of carbonyl (C=O) groups is 1. The lowest BCUT2D eigenvalue weighted by molar-refractivity contribution is -0.137. The molecule has 88 valence electrons. The summed E-state index contributed by atoms with van der Waals surface area (Å²) in [6, 6.07) is 0.778. The number of hydrogen-bond donors (Lipinski definition) is 1. The minimum Gasteiger partial charge on any atom is -0.481 e. The van der Waals surface area contributed by atoms with Gasteiger partial charge in [0.05, 0.1) is 0 Å². The molecule has 0 heterocycles. The molecule has 0 unspecified atom stereocenters. The number of carboxylic acids is 1. The van der Waals surface area contributed by atoms with Crippen molar-refractivity contribution < 1.29 is 9.90 Å². The van der Waals surface area contributed by atoms with Crippen molar-refractivity contribution in [3.63, 3.8) is 0 Å². The number of rotatable bonds is 7. The molecule has 3 nitrogen and oxygen atoms in total. The van der Waals surface area contributed by atoms with E-state index in [2.05, 4.69) is 11.8 Å². The first kappa shape index (κ1) is 12.5. The van der Waals surface area contributed by atoms with Gasteiger partial charge in [-0.3, -0.25) is 4.79 Å². The highest BCUT2D eigenvalue weighted by atomic mass is 16.4. The number of unbranched alkanes of at least 4 members (excludes halogenated alkanes) is 1. The predicted octanol–water partition coefficient (Wildman–Crippen LogP) is 2.51. The molecule has 1 N–H and O–H groups in total. The van der Waals surface area contributed by atoms with Crippen molar-refractivity contribution in [2.45, 2.75) is 57.9 Å². The molecule has 0 spiro atoms. The number of carboxylic acid groups (broad SMARTS) is 1. The van der Waals surface area contributed by atoms with E-state index in [4.69, 9.17) is 5.11 Å². The minimum atomic E-state index is -0.668. The Bertz CT molecular complexity index is 188. The molecule has 0 bridgehead atoms. The van der Waals surface area contributed by atoms with Gasteiger partial charge in [-0.05, 0) is 38.8 Å². The summed E-state index contributed by atoms with van der Waals surface area (Å²) in [5, 5.41) is 8.53. The molecule has 1 rings (SSSR count). The molecule has 0 amide bonds. The van der Waals surface area contributed by atoms with Crippen LogP contribution in [0.25, 0.3) is 0 Å². The first-order valence-corrected chi connectivity index (χ1v) is 6.20. The molecule has 0 aliphatic heterocycles. The highest BCUT2D eigenvalue weighted by Gasteiger charge is 2.20. The fraction of sp³-hybridized carbons (Fsp3) is 0.917. The molecule has 0 aromatic carbocycles. The summed E-state index contributed by atoms with van der Waals surface area (Å²) in [6.45, 7) is 4.39. The minimum absolute atomic E-state index is 0.322. The second kappa shape index (κ2) is 6.83. The van der Waals surface area contributed by atoms with Gasteiger partial charge in [0.1, 0.15) is 0 Å². The smallest absolute Gasteiger partial charge is 0.303 e. The van der Waals surface area contributed by atoms with Gasteiger partial charge in [-0.1, -0.05) is 19.8 Å². The zero-order valence-corrected chi connectivity index (χ0v) is 9.74. The van der Waals surface area contributed by atoms with Gasteiger partial charge in [0, 0.05) is 12.5 Å². The van der Waals surface area contributed by atoms with Gasteiger partial charge in [-0.2, -0.15) is 0 Å². The van der Waals surface area contributed by atoms with Gasteiger partial charge < -0.3 is 10.0 Å². The van der Waals surface area contributed by atoms with Gasteiger partial charge in [-0.25, -0.2) is 0 Å². The predicted molar refractivity (Wildman–Crippen MR) is 61.0 cm³/mol. The van der Waals surface area contributed by atoms with Crippen LogP contribution in [0.15, 0.2) is 0 Å². The standard InChI is InChI=1S/C12H23NO2/c1-2-13(11-7-3-4-8-11)10-6-5-9-12(14)15/h11H,2-10H2,1H3,(H,14,15). The Hall–Kier alpha value is -0.570. The highest BCUT2D eigenvalue weighted by molar-refractivity contribution is 5.66. The van der Waals surface area contributed by atoms with Crippen LogP contribution in [0, 0.1) is 0 Å². The van der Waals surface area contributed by atoms with E-state index in [9.17, 15) is 4.79 Å². The lowest BCUT2D eigenvalue weighted by Gasteiger charge is -2.27. The van der Waals surface area contributed by atoms with Gasteiger partial charge in [0.2, 0.25) is 0 Å². The van der Waals surface area contributed by atoms with Crippen LogP contribution >= 0.6 is 0 Å². The summed E-state index contributed by atoms with van der Waals surface area (Å²) in [4.78, 5) is 12.9. The Morgan fingerprint density at radius 3 is 2.53 bits per heavy atom. The molecule has 1 aliphatic rings. The number of hydrogen-bond acceptors (Lipinski definition) is 2. The molecular formula is C12H23NO2. The van der Waals surface area contributed by atoms with Gasteiger partial charge in [0.15, 0.2) is 0 Å². The van der Waals surface area contributed by atoms with Crippen molar-refractivity contribution in [2.24, 2.45) is 0 Å². The number of aliphatic carboxylic acids is 1. The van der Waals surface area contributed by atoms with E-state index in [1.165, 1.54) is 25.7 Å². The van der Waals surface area contributed by atoms with Crippen molar-refractivity contribution in [1.29, 1.82) is 0 Å². The van der Waals surface area contributed by atoms with E-state index in [0.29, 0.717) is 6.42 Å². The second-order valence-corrected chi connectivity index (χ2v) is 4.42. The first-order valence-electron chi connectivity index (χ1n) is 6.20. The van der Waals surface area contributed by atoms with E-state index in [-0.39, 0.29) is 0 Å². The maximum absolute atomic E-state index is 10.4. The van der Waals surface area contributed by atoms with E-state index < -0.39 is 5.97 Å². The topological polar surface area (TPSA) is 40.5 Å². The van der Waals surface area contributed by atoms with Crippen LogP contribution in [-0.2, 0) is 4.79 Å². The van der Waals surface area contributed by atoms with Crippen LogP contribution in [0.4, 0.5) is 0 Å². The Kier molecular flexibility index (Phi) is 5.69. The lowest BCUT2D eigenvalue weighted by Crippen LogP contribution is -2.33. The van der Waals surface area contributed by atoms with Gasteiger partial charge >= 0.3 is 5.97 Å². The van der Waals surface area contributed by atoms with Crippen molar-refractivity contribution in [1.82, 2.24) is 4.90 Å². The largest absolute Gasteiger partial charge is 0.481 e. The molecule has 0 radical (unpaired) electrons. The lowest BCUT2D eigenvalue weighted by atomic mass is 10.1. The quantitative estimate of drug-likeness (QED) is 0.661. The summed E-state index contributed by atoms with van der Waals surface area (Å²) < 4.78 is 0. The summed E-state index contributed by atoms with van der Waals surface area (Å²) in [5.74, 6) is -0.668. The van der Waals surface area contributed by atoms with Crippen molar-refractivity contribution >= 4 is 5.97 Å². The maximum atomic E-state index is 10.4. The first-order chi connectivity index (χ1) is 7.24. The van der Waals surface area contributed by atoms with Gasteiger partial charge in [0.25, 0.3) is 0 Å². The zero-order chi connectivity index (χ0) is 11.1. The second-order valence-electron chi connectivity index (χ2n) is 4.42. The van der Waals surface area contributed by atoms with Crippen LogP contribution in [0.5, 0.6) is 0 Å². The Morgan fingerprint density at radius 1 is 1.33 bits per heavy atom. The van der Waals surface area contributed by atoms with Crippen molar-refractivity contribution in [3.8, 4) is 0 Å². The highest BCUT2D eigenvalue weighted by Crippen LogP contribution is 2.23. The van der Waals surface area contributed by atoms with Crippen LogP contribution in [-0.4, -0.2) is 35.1 Å². The van der Waals surface area contributed by atoms with Crippen molar-refractivity contribution in [2.75, 3.05) is 13.1 Å². The maximum Gasteiger partial charge on any atom is 0.303 e. The van der Waals surface area contributed by atoms with Gasteiger partial charge in [-0.15, -0.1) is 0 Å². The summed E-state index contributed by atoms with van der Waals surface area (Å²) in [7, 11) is 0. The van der Waals surface area contributed by atoms with E-state index in [1.54, 1.807) is 0 Å². The molecule has 0 aromatic heterocycles. The van der Waals surface area contributed by atoms with Crippen LogP contribution < -0.4 is 0 Å². The van der Waals surface area contributed by atoms with E-state index >= 15 is 0 Å². The average Bonchev–Trinajstić information content (AvgIpc) is 2.70. The third kappa shape index (κ3) is 4.65. The number of nitrogens with zero attached hydrogens (tertiary/aromatic N) is 1. The van der Waals surface area contributed by atoms with Crippen molar-refractivity contribution in [3.05, 3.63) is 0 Å². The summed E-state index contributed by atoms with van der Waals surface area (Å²) >= 11 is 0.